The van der Waals surface area contributed by atoms with Crippen molar-refractivity contribution in [2.45, 2.75) is 45.4 Å². The molecular formula is C10H20O3. The molecule has 78 valence electrons. The second-order valence-corrected chi connectivity index (χ2v) is 3.17. The number of hydrogen-bond donors (Lipinski definition) is 1. The summed E-state index contributed by atoms with van der Waals surface area (Å²) in [7, 11) is 0. The van der Waals surface area contributed by atoms with Crippen LogP contribution < -0.4 is 0 Å². The topological polar surface area (TPSA) is 49.8 Å². The minimum atomic E-state index is -0.670. The second-order valence-electron chi connectivity index (χ2n) is 3.17. The van der Waals surface area contributed by atoms with Crippen LogP contribution in [0, 0.1) is 0 Å². The Morgan fingerprint density at radius 3 is 2.15 bits per heavy atom. The van der Waals surface area contributed by atoms with E-state index in [-0.39, 0.29) is 0 Å². The molecule has 1 saturated heterocycles. The van der Waals surface area contributed by atoms with E-state index in [1.54, 1.807) is 0 Å². The molecule has 1 heterocycles. The van der Waals surface area contributed by atoms with Gasteiger partial charge in [0.05, 0.1) is 13.2 Å². The lowest BCUT2D eigenvalue weighted by Gasteiger charge is -1.95. The van der Waals surface area contributed by atoms with Gasteiger partial charge in [-0.05, 0) is 6.42 Å². The highest BCUT2D eigenvalue weighted by Crippen LogP contribution is 2.04. The molecule has 13 heavy (non-hydrogen) atoms. The quantitative estimate of drug-likeness (QED) is 0.514. The van der Waals surface area contributed by atoms with Crippen molar-refractivity contribution in [3.05, 3.63) is 0 Å². The molecule has 1 N–H and O–H groups in total. The van der Waals surface area contributed by atoms with Crippen LogP contribution in [0.4, 0.5) is 0 Å². The summed E-state index contributed by atoms with van der Waals surface area (Å²) in [6.07, 6.45) is 5.88. The normalized spacial score (nSPS) is 13.0. The molecule has 0 radical (unpaired) electrons. The fourth-order valence-electron chi connectivity index (χ4n) is 0.880. The fourth-order valence-corrected chi connectivity index (χ4v) is 0.880. The van der Waals surface area contributed by atoms with E-state index in [1.165, 1.54) is 19.3 Å². The number of carbonyl (C=O) groups is 1. The Labute approximate surface area is 80.1 Å². The zero-order valence-corrected chi connectivity index (χ0v) is 8.42. The van der Waals surface area contributed by atoms with Crippen molar-refractivity contribution in [2.75, 3.05) is 13.2 Å². The van der Waals surface area contributed by atoms with E-state index in [9.17, 15) is 4.79 Å². The summed E-state index contributed by atoms with van der Waals surface area (Å²) < 4.78 is 4.50. The van der Waals surface area contributed by atoms with E-state index < -0.39 is 5.97 Å². The summed E-state index contributed by atoms with van der Waals surface area (Å²) in [5.41, 5.74) is 0. The third-order valence-corrected chi connectivity index (χ3v) is 1.70. The maximum absolute atomic E-state index is 10.0. The smallest absolute Gasteiger partial charge is 0.303 e. The van der Waals surface area contributed by atoms with Crippen LogP contribution in [-0.4, -0.2) is 24.3 Å². The lowest BCUT2D eigenvalue weighted by molar-refractivity contribution is -0.137. The van der Waals surface area contributed by atoms with Gasteiger partial charge in [-0.15, -0.1) is 0 Å². The van der Waals surface area contributed by atoms with E-state index >= 15 is 0 Å². The maximum atomic E-state index is 10.0. The Morgan fingerprint density at radius 2 is 1.77 bits per heavy atom. The van der Waals surface area contributed by atoms with Gasteiger partial charge in [-0.3, -0.25) is 4.79 Å². The van der Waals surface area contributed by atoms with E-state index in [0.29, 0.717) is 6.42 Å². The Kier molecular flexibility index (Phi) is 9.10. The number of carboxylic acid groups (broad SMARTS) is 1. The highest BCUT2D eigenvalue weighted by atomic mass is 16.6. The van der Waals surface area contributed by atoms with E-state index in [0.717, 1.165) is 26.1 Å². The molecule has 0 bridgehead atoms. The number of hydrogen-bond acceptors (Lipinski definition) is 2. The van der Waals surface area contributed by atoms with Gasteiger partial charge in [0.15, 0.2) is 0 Å². The summed E-state index contributed by atoms with van der Waals surface area (Å²) in [6.45, 7) is 4.15. The molecule has 0 aliphatic carbocycles. The third kappa shape index (κ3) is 18.4. The maximum Gasteiger partial charge on any atom is 0.303 e. The predicted molar refractivity (Wildman–Crippen MR) is 51.8 cm³/mol. The number of aliphatic carboxylic acids is 1. The van der Waals surface area contributed by atoms with Gasteiger partial charge in [-0.1, -0.05) is 32.6 Å². The molecular weight excluding hydrogens is 168 g/mol. The van der Waals surface area contributed by atoms with Crippen molar-refractivity contribution < 1.29 is 14.6 Å². The molecule has 1 aliphatic rings. The van der Waals surface area contributed by atoms with Gasteiger partial charge in [0.25, 0.3) is 0 Å². The van der Waals surface area contributed by atoms with Crippen LogP contribution in [0.2, 0.25) is 0 Å². The monoisotopic (exact) mass is 188 g/mol. The first-order valence-corrected chi connectivity index (χ1v) is 5.07. The first-order chi connectivity index (χ1) is 6.27. The molecule has 0 amide bonds. The summed E-state index contributed by atoms with van der Waals surface area (Å²) in [5.74, 6) is -0.670. The highest BCUT2D eigenvalue weighted by molar-refractivity contribution is 5.66. The summed E-state index contributed by atoms with van der Waals surface area (Å²) in [4.78, 5) is 10.0. The molecule has 0 atom stereocenters. The van der Waals surface area contributed by atoms with Gasteiger partial charge in [0.1, 0.15) is 0 Å². The van der Waals surface area contributed by atoms with Crippen molar-refractivity contribution in [1.29, 1.82) is 0 Å². The van der Waals surface area contributed by atoms with Crippen LogP contribution in [-0.2, 0) is 9.53 Å². The molecule has 0 unspecified atom stereocenters. The van der Waals surface area contributed by atoms with Crippen molar-refractivity contribution in [3.63, 3.8) is 0 Å². The molecule has 1 fully saturated rings. The lowest BCUT2D eigenvalue weighted by atomic mass is 10.1. The van der Waals surface area contributed by atoms with Crippen molar-refractivity contribution >= 4 is 5.97 Å². The van der Waals surface area contributed by atoms with Crippen LogP contribution in [0.3, 0.4) is 0 Å². The molecule has 3 nitrogen and oxygen atoms in total. The average Bonchev–Trinajstić information content (AvgIpc) is 2.89. The Balaban J connectivity index is 0.000000396. The largest absolute Gasteiger partial charge is 0.481 e. The minimum absolute atomic E-state index is 0.337. The first kappa shape index (κ1) is 12.4. The first-order valence-electron chi connectivity index (χ1n) is 5.07. The predicted octanol–water partition coefficient (Wildman–Crippen LogP) is 2.45. The van der Waals surface area contributed by atoms with Crippen LogP contribution >= 0.6 is 0 Å². The second kappa shape index (κ2) is 9.52. The van der Waals surface area contributed by atoms with Gasteiger partial charge in [0.2, 0.25) is 0 Å². The van der Waals surface area contributed by atoms with Gasteiger partial charge in [0, 0.05) is 6.42 Å². The van der Waals surface area contributed by atoms with Crippen molar-refractivity contribution in [1.82, 2.24) is 0 Å². The molecule has 1 rings (SSSR count). The zero-order valence-electron chi connectivity index (χ0n) is 8.42. The highest BCUT2D eigenvalue weighted by Gasteiger charge is 1.94. The Hall–Kier alpha value is -0.570. The summed E-state index contributed by atoms with van der Waals surface area (Å²) in [6, 6.07) is 0. The standard InChI is InChI=1S/C8H16O2.C2H4O/c1-2-3-4-5-6-7-8(9)10;1-2-3-1/h2-7H2,1H3,(H,9,10);1-2H2. The van der Waals surface area contributed by atoms with E-state index in [2.05, 4.69) is 11.7 Å². The average molecular weight is 188 g/mol. The van der Waals surface area contributed by atoms with Crippen molar-refractivity contribution in [3.8, 4) is 0 Å². The van der Waals surface area contributed by atoms with Crippen molar-refractivity contribution in [2.24, 2.45) is 0 Å². The van der Waals surface area contributed by atoms with E-state index in [4.69, 9.17) is 5.11 Å². The molecule has 0 aromatic heterocycles. The lowest BCUT2D eigenvalue weighted by Crippen LogP contribution is -1.93. The zero-order chi connectivity index (χ0) is 9.94. The number of unbranched alkanes of at least 4 members (excludes halogenated alkanes) is 4. The van der Waals surface area contributed by atoms with Crippen LogP contribution in [0.5, 0.6) is 0 Å². The number of epoxide rings is 1. The third-order valence-electron chi connectivity index (χ3n) is 1.70. The summed E-state index contributed by atoms with van der Waals surface area (Å²) in [5, 5.41) is 8.27. The fraction of sp³-hybridized carbons (Fsp3) is 0.900. The molecule has 0 aromatic rings. The number of rotatable bonds is 6. The van der Waals surface area contributed by atoms with Gasteiger partial charge >= 0.3 is 5.97 Å². The van der Waals surface area contributed by atoms with E-state index in [1.807, 2.05) is 0 Å². The summed E-state index contributed by atoms with van der Waals surface area (Å²) >= 11 is 0. The molecule has 3 heteroatoms. The molecule has 0 aromatic carbocycles. The van der Waals surface area contributed by atoms with Gasteiger partial charge in [-0.2, -0.15) is 0 Å². The van der Waals surface area contributed by atoms with Gasteiger partial charge in [-0.25, -0.2) is 0 Å². The van der Waals surface area contributed by atoms with Crippen LogP contribution in [0.1, 0.15) is 45.4 Å². The Morgan fingerprint density at radius 1 is 1.23 bits per heavy atom. The van der Waals surface area contributed by atoms with Gasteiger partial charge < -0.3 is 9.84 Å². The number of carboxylic acids is 1. The molecule has 0 spiro atoms. The van der Waals surface area contributed by atoms with Crippen LogP contribution in [0.15, 0.2) is 0 Å². The number of ether oxygens (including phenoxy) is 1. The Bertz CT molecular complexity index is 119. The minimum Gasteiger partial charge on any atom is -0.481 e. The molecule has 1 aliphatic heterocycles. The SMILES string of the molecule is C1CO1.CCCCCCCC(=O)O. The molecule has 0 saturated carbocycles. The van der Waals surface area contributed by atoms with Crippen LogP contribution in [0.25, 0.3) is 0 Å².